The van der Waals surface area contributed by atoms with E-state index >= 15 is 0 Å². The zero-order chi connectivity index (χ0) is 45.4. The van der Waals surface area contributed by atoms with E-state index in [-0.39, 0.29) is 19.5 Å². The van der Waals surface area contributed by atoms with E-state index in [4.69, 9.17) is 10.1 Å². The van der Waals surface area contributed by atoms with Gasteiger partial charge in [-0.1, -0.05) is 82.8 Å². The standard InChI is InChI=1S/C35H40NS2.C18H15N3O2.CNS.Ru/c1-3-5-7-9-14-31-20-22-33(37-31)18-16-28-12-11-13-30(26-28)35-27-29(24-25-36-35)17-19-34-23-21-32(38-34)15-10-8-6-4-2;1-12-3-5-19-15(7-12)17-8-13(2)9-18(21-17)16-10-14(23-11-22)4-6-20-16;2-1-3;/h11-12,16-27H,3-10,14-15H2,1-2H3;3-11H,1-2H3;;/q-1;;-1;+2/b18-16+,19-17+;;;. The Bertz CT molecular complexity index is 2530. The first-order chi connectivity index (χ1) is 31.3. The second-order valence-electron chi connectivity index (χ2n) is 15.2. The molecule has 0 saturated carbocycles. The average Bonchev–Trinajstić information content (AvgIpc) is 3.98. The first-order valence-corrected chi connectivity index (χ1v) is 23.9. The molecule has 0 aliphatic rings. The third-order valence-electron chi connectivity index (χ3n) is 10.0. The van der Waals surface area contributed by atoms with E-state index in [2.05, 4.69) is 125 Å². The summed E-state index contributed by atoms with van der Waals surface area (Å²) in [4.78, 5) is 34.1. The van der Waals surface area contributed by atoms with Crippen LogP contribution in [0.2, 0.25) is 0 Å². The fourth-order valence-corrected chi connectivity index (χ4v) is 8.68. The van der Waals surface area contributed by atoms with E-state index in [0.717, 1.165) is 39.3 Å². The Morgan fingerprint density at radius 3 is 1.75 bits per heavy atom. The average molecular weight is 1000 g/mol. The Morgan fingerprint density at radius 2 is 1.17 bits per heavy atom. The number of rotatable bonds is 19. The van der Waals surface area contributed by atoms with E-state index in [9.17, 15) is 4.79 Å². The zero-order valence-corrected chi connectivity index (χ0v) is 41.7. The van der Waals surface area contributed by atoms with Gasteiger partial charge in [0, 0.05) is 44.2 Å². The third kappa shape index (κ3) is 18.2. The van der Waals surface area contributed by atoms with Crippen molar-refractivity contribution in [1.82, 2.24) is 19.9 Å². The van der Waals surface area contributed by atoms with Crippen molar-refractivity contribution in [2.75, 3.05) is 0 Å². The number of nitrogens with zero attached hydrogens (tertiary/aromatic N) is 5. The predicted molar refractivity (Wildman–Crippen MR) is 274 cm³/mol. The molecule has 0 atom stereocenters. The summed E-state index contributed by atoms with van der Waals surface area (Å²) in [6.07, 6.45) is 27.0. The van der Waals surface area contributed by atoms with Gasteiger partial charge in [0.25, 0.3) is 6.47 Å². The molecule has 0 aliphatic carbocycles. The fraction of sp³-hybridized carbons (Fsp3) is 0.259. The van der Waals surface area contributed by atoms with Gasteiger partial charge >= 0.3 is 19.5 Å². The summed E-state index contributed by atoms with van der Waals surface area (Å²) in [7, 11) is 0. The molecule has 0 spiro atoms. The molecule has 0 fully saturated rings. The third-order valence-corrected chi connectivity index (χ3v) is 12.2. The van der Waals surface area contributed by atoms with E-state index < -0.39 is 0 Å². The number of unbranched alkanes of at least 4 members (excludes halogenated alkanes) is 6. The van der Waals surface area contributed by atoms with Crippen LogP contribution in [0.25, 0.3) is 63.7 Å². The largest absolute Gasteiger partial charge is 2.00 e. The molecule has 0 saturated heterocycles. The molecule has 0 bridgehead atoms. The number of aromatic nitrogens is 4. The van der Waals surface area contributed by atoms with Crippen molar-refractivity contribution in [1.29, 1.82) is 0 Å². The molecule has 0 radical (unpaired) electrons. The first kappa shape index (κ1) is 52.2. The van der Waals surface area contributed by atoms with Crippen molar-refractivity contribution in [2.24, 2.45) is 0 Å². The van der Waals surface area contributed by atoms with Crippen LogP contribution in [0.5, 0.6) is 5.75 Å². The van der Waals surface area contributed by atoms with Crippen LogP contribution in [0, 0.1) is 19.9 Å². The summed E-state index contributed by atoms with van der Waals surface area (Å²) >= 11 is 7.52. The minimum Gasteiger partial charge on any atom is -0.753 e. The molecule has 6 heterocycles. The first-order valence-electron chi connectivity index (χ1n) is 21.8. The molecular weight excluding hydrogens is 948 g/mol. The van der Waals surface area contributed by atoms with E-state index in [0.29, 0.717) is 23.6 Å². The molecule has 6 aromatic heterocycles. The van der Waals surface area contributed by atoms with Crippen molar-refractivity contribution in [2.45, 2.75) is 91.9 Å². The number of pyridine rings is 4. The smallest absolute Gasteiger partial charge is 0.753 e. The van der Waals surface area contributed by atoms with Crippen molar-refractivity contribution in [3.8, 4) is 39.8 Å². The Morgan fingerprint density at radius 1 is 0.631 bits per heavy atom. The minimum atomic E-state index is 0. The van der Waals surface area contributed by atoms with Crippen LogP contribution in [-0.4, -0.2) is 31.6 Å². The summed E-state index contributed by atoms with van der Waals surface area (Å²) in [5.41, 5.74) is 9.43. The van der Waals surface area contributed by atoms with E-state index in [1.165, 1.54) is 94.4 Å². The number of thiophene rings is 2. The molecule has 7 aromatic rings. The second kappa shape index (κ2) is 29.2. The predicted octanol–water partition coefficient (Wildman–Crippen LogP) is 15.3. The van der Waals surface area contributed by atoms with Crippen LogP contribution < -0.4 is 4.74 Å². The van der Waals surface area contributed by atoms with Crippen molar-refractivity contribution < 1.29 is 29.0 Å². The van der Waals surface area contributed by atoms with Crippen LogP contribution in [0.1, 0.15) is 107 Å². The quantitative estimate of drug-likeness (QED) is 0.0199. The van der Waals surface area contributed by atoms with Gasteiger partial charge in [-0.05, 0) is 135 Å². The topological polar surface area (TPSA) is 100 Å². The van der Waals surface area contributed by atoms with Gasteiger partial charge in [0.2, 0.25) is 0 Å². The normalized spacial score (nSPS) is 10.6. The maximum Gasteiger partial charge on any atom is 2.00 e. The molecule has 7 rings (SSSR count). The zero-order valence-electron chi connectivity index (χ0n) is 37.5. The minimum absolute atomic E-state index is 0. The Labute approximate surface area is 411 Å². The SMILES string of the molecule is CCCCCCc1ccc(/C=C/c2cc[c-]c(-c3cc(/C=C/c4ccc(CCCCCC)s4)ccn3)c2)s1.Cc1ccnc(-c2cc(C)cc(-c3cc(OC=O)ccn3)n2)c1.[N-]=C=S.[Ru+2]. The molecule has 0 amide bonds. The number of ether oxygens (including phenoxy) is 1. The molecular formula is C54H55N5O2RuS3. The van der Waals surface area contributed by atoms with Gasteiger partial charge < -0.3 is 15.1 Å². The number of carbonyl (C=O) groups is 1. The maximum atomic E-state index is 10.5. The molecule has 7 nitrogen and oxygen atoms in total. The fourth-order valence-electron chi connectivity index (χ4n) is 6.77. The van der Waals surface area contributed by atoms with Crippen LogP contribution in [-0.2, 0) is 37.1 Å². The van der Waals surface area contributed by atoms with Gasteiger partial charge in [-0.15, -0.1) is 58.1 Å². The molecule has 65 heavy (non-hydrogen) atoms. The number of isothiocyanates is 1. The van der Waals surface area contributed by atoms with Crippen molar-refractivity contribution in [3.05, 3.63) is 163 Å². The number of aryl methyl sites for hydroxylation is 4. The number of thiocarbonyl (C=S) groups is 1. The van der Waals surface area contributed by atoms with Crippen LogP contribution in [0.3, 0.4) is 0 Å². The molecule has 0 unspecified atom stereocenters. The van der Waals surface area contributed by atoms with E-state index in [1.807, 2.05) is 73.0 Å². The summed E-state index contributed by atoms with van der Waals surface area (Å²) in [6, 6.07) is 34.1. The monoisotopic (exact) mass is 1000 g/mol. The summed E-state index contributed by atoms with van der Waals surface area (Å²) in [5, 5.41) is 8.47. The van der Waals surface area contributed by atoms with Crippen LogP contribution in [0.4, 0.5) is 0 Å². The Kier molecular flexibility index (Phi) is 23.5. The maximum absolute atomic E-state index is 10.5. The summed E-state index contributed by atoms with van der Waals surface area (Å²) < 4.78 is 4.87. The summed E-state index contributed by atoms with van der Waals surface area (Å²) in [5.74, 6) is 0.434. The van der Waals surface area contributed by atoms with Crippen LogP contribution >= 0.6 is 34.9 Å². The van der Waals surface area contributed by atoms with Gasteiger partial charge in [-0.2, -0.15) is 5.16 Å². The number of hydrogen-bond donors (Lipinski definition) is 0. The van der Waals surface area contributed by atoms with Crippen molar-refractivity contribution in [3.63, 3.8) is 0 Å². The second-order valence-corrected chi connectivity index (χ2v) is 17.8. The van der Waals surface area contributed by atoms with Gasteiger partial charge in [0.05, 0.1) is 22.8 Å². The molecule has 0 N–H and O–H groups in total. The molecule has 0 aliphatic heterocycles. The van der Waals surface area contributed by atoms with E-state index in [1.54, 1.807) is 24.5 Å². The van der Waals surface area contributed by atoms with Gasteiger partial charge in [0.1, 0.15) is 5.75 Å². The molecule has 11 heteroatoms. The summed E-state index contributed by atoms with van der Waals surface area (Å²) in [6.45, 7) is 8.94. The number of benzene rings is 1. The number of hydrogen-bond acceptors (Lipinski definition) is 9. The van der Waals surface area contributed by atoms with Gasteiger partial charge in [-0.25, -0.2) is 4.98 Å². The van der Waals surface area contributed by atoms with Crippen LogP contribution in [0.15, 0.2) is 110 Å². The molecule has 1 aromatic carbocycles. The molecule has 334 valence electrons. The van der Waals surface area contributed by atoms with Crippen molar-refractivity contribution >= 4 is 70.8 Å². The van der Waals surface area contributed by atoms with Gasteiger partial charge in [0.15, 0.2) is 0 Å². The van der Waals surface area contributed by atoms with Gasteiger partial charge in [-0.3, -0.25) is 14.8 Å². The Hall–Kier alpha value is -5.41. The number of carbonyl (C=O) groups excluding carboxylic acids is 1. The Balaban J connectivity index is 0.000000292.